The highest BCUT2D eigenvalue weighted by Gasteiger charge is 2.31. The summed E-state index contributed by atoms with van der Waals surface area (Å²) in [6.07, 6.45) is -1.29. The molecule has 1 aliphatic rings. The molecule has 1 aliphatic carbocycles. The molecular weight excluding hydrogens is 371 g/mol. The van der Waals surface area contributed by atoms with Crippen LogP contribution in [0.1, 0.15) is 35.6 Å². The Morgan fingerprint density at radius 2 is 1.68 bits per heavy atom. The minimum atomic E-state index is -4.42. The highest BCUT2D eigenvalue weighted by atomic mass is 19.4. The van der Waals surface area contributed by atoms with Gasteiger partial charge >= 0.3 is 12.1 Å². The Balaban J connectivity index is 1.67. The van der Waals surface area contributed by atoms with E-state index in [2.05, 4.69) is 5.32 Å². The summed E-state index contributed by atoms with van der Waals surface area (Å²) >= 11 is 0. The van der Waals surface area contributed by atoms with Crippen molar-refractivity contribution >= 4 is 18.0 Å². The number of nitrogens with one attached hydrogen (secondary N) is 1. The van der Waals surface area contributed by atoms with Gasteiger partial charge in [-0.25, -0.2) is 4.79 Å². The quantitative estimate of drug-likeness (QED) is 0.593. The van der Waals surface area contributed by atoms with E-state index in [0.29, 0.717) is 11.1 Å². The van der Waals surface area contributed by atoms with E-state index >= 15 is 0 Å². The first kappa shape index (κ1) is 19.7. The number of benzene rings is 2. The molecule has 0 heterocycles. The van der Waals surface area contributed by atoms with Gasteiger partial charge in [0.1, 0.15) is 0 Å². The van der Waals surface area contributed by atoms with Gasteiger partial charge in [-0.1, -0.05) is 42.5 Å². The molecule has 4 nitrogen and oxygen atoms in total. The third kappa shape index (κ3) is 5.45. The molecule has 1 atom stereocenters. The van der Waals surface area contributed by atoms with Crippen LogP contribution in [0.15, 0.2) is 60.7 Å². The van der Waals surface area contributed by atoms with Crippen molar-refractivity contribution in [2.45, 2.75) is 31.2 Å². The maximum absolute atomic E-state index is 12.6. The Morgan fingerprint density at radius 1 is 1.04 bits per heavy atom. The molecule has 28 heavy (non-hydrogen) atoms. The molecule has 1 N–H and O–H groups in total. The van der Waals surface area contributed by atoms with Gasteiger partial charge in [-0.05, 0) is 36.6 Å². The highest BCUT2D eigenvalue weighted by molar-refractivity contribution is 5.91. The molecule has 2 aromatic carbocycles. The van der Waals surface area contributed by atoms with Gasteiger partial charge in [0.25, 0.3) is 5.91 Å². The number of carbonyl (C=O) groups excluding carboxylic acids is 2. The summed E-state index contributed by atoms with van der Waals surface area (Å²) < 4.78 is 43.0. The van der Waals surface area contributed by atoms with Crippen molar-refractivity contribution in [3.05, 3.63) is 77.4 Å². The Kier molecular flexibility index (Phi) is 5.82. The highest BCUT2D eigenvalue weighted by Crippen LogP contribution is 2.29. The summed E-state index contributed by atoms with van der Waals surface area (Å²) in [5, 5.41) is 2.81. The molecule has 146 valence electrons. The zero-order chi connectivity index (χ0) is 20.1. The first-order valence-corrected chi connectivity index (χ1v) is 8.74. The molecule has 0 bridgehead atoms. The first-order chi connectivity index (χ1) is 13.3. The number of esters is 1. The smallest absolute Gasteiger partial charge is 0.416 e. The van der Waals surface area contributed by atoms with Crippen LogP contribution in [0.4, 0.5) is 13.2 Å². The van der Waals surface area contributed by atoms with E-state index in [1.807, 2.05) is 0 Å². The van der Waals surface area contributed by atoms with Gasteiger partial charge in [0.2, 0.25) is 6.10 Å². The van der Waals surface area contributed by atoms with Crippen molar-refractivity contribution in [2.24, 2.45) is 0 Å². The number of ether oxygens (including phenoxy) is 1. The standard InChI is InChI=1S/C21H18F3NO3/c22-21(23,24)16-9-6-14(7-10-16)8-13-18(26)28-19(15-4-2-1-3-5-15)20(27)25-17-11-12-17/h1-10,13,17,19H,11-12H2,(H,25,27)/b13-8+/t19-/m1/s1. The van der Waals surface area contributed by atoms with Crippen LogP contribution < -0.4 is 5.32 Å². The summed E-state index contributed by atoms with van der Waals surface area (Å²) in [6, 6.07) is 13.1. The lowest BCUT2D eigenvalue weighted by atomic mass is 10.1. The minimum absolute atomic E-state index is 0.111. The number of halogens is 3. The van der Waals surface area contributed by atoms with Gasteiger partial charge in [0.05, 0.1) is 5.56 Å². The van der Waals surface area contributed by atoms with Crippen LogP contribution in [0.2, 0.25) is 0 Å². The molecule has 0 spiro atoms. The predicted octanol–water partition coefficient (Wildman–Crippen LogP) is 4.28. The van der Waals surface area contributed by atoms with Crippen LogP contribution in [0.3, 0.4) is 0 Å². The molecule has 3 rings (SSSR count). The zero-order valence-corrected chi connectivity index (χ0v) is 14.8. The van der Waals surface area contributed by atoms with Crippen LogP contribution in [0.25, 0.3) is 6.08 Å². The van der Waals surface area contributed by atoms with Crippen LogP contribution in [0.5, 0.6) is 0 Å². The van der Waals surface area contributed by atoms with Crippen LogP contribution in [-0.2, 0) is 20.5 Å². The van der Waals surface area contributed by atoms with Crippen molar-refractivity contribution in [2.75, 3.05) is 0 Å². The van der Waals surface area contributed by atoms with Crippen molar-refractivity contribution in [1.82, 2.24) is 5.32 Å². The molecule has 0 radical (unpaired) electrons. The van der Waals surface area contributed by atoms with E-state index < -0.39 is 29.7 Å². The molecule has 2 aromatic rings. The molecule has 7 heteroatoms. The van der Waals surface area contributed by atoms with Crippen molar-refractivity contribution in [3.63, 3.8) is 0 Å². The Labute approximate surface area is 160 Å². The van der Waals surface area contributed by atoms with Gasteiger partial charge in [0, 0.05) is 17.7 Å². The molecule has 1 fully saturated rings. The number of amides is 1. The zero-order valence-electron chi connectivity index (χ0n) is 14.8. The van der Waals surface area contributed by atoms with Crippen LogP contribution in [-0.4, -0.2) is 17.9 Å². The van der Waals surface area contributed by atoms with Crippen molar-refractivity contribution < 1.29 is 27.5 Å². The average molecular weight is 389 g/mol. The molecule has 0 saturated heterocycles. The minimum Gasteiger partial charge on any atom is -0.444 e. The second kappa shape index (κ2) is 8.29. The molecular formula is C21H18F3NO3. The molecule has 1 saturated carbocycles. The van der Waals surface area contributed by atoms with E-state index in [1.165, 1.54) is 18.2 Å². The normalized spacial score (nSPS) is 15.2. The lowest BCUT2D eigenvalue weighted by Gasteiger charge is -2.17. The number of hydrogen-bond donors (Lipinski definition) is 1. The summed E-state index contributed by atoms with van der Waals surface area (Å²) in [5.41, 5.74) is 0.175. The fourth-order valence-electron chi connectivity index (χ4n) is 2.51. The van der Waals surface area contributed by atoms with Gasteiger partial charge in [-0.15, -0.1) is 0 Å². The summed E-state index contributed by atoms with van der Waals surface area (Å²) in [4.78, 5) is 24.6. The summed E-state index contributed by atoms with van der Waals surface area (Å²) in [6.45, 7) is 0. The molecule has 0 aromatic heterocycles. The molecule has 0 unspecified atom stereocenters. The van der Waals surface area contributed by atoms with E-state index in [0.717, 1.165) is 31.1 Å². The van der Waals surface area contributed by atoms with E-state index in [-0.39, 0.29) is 6.04 Å². The maximum Gasteiger partial charge on any atom is 0.416 e. The van der Waals surface area contributed by atoms with Gasteiger partial charge in [-0.2, -0.15) is 13.2 Å². The van der Waals surface area contributed by atoms with Gasteiger partial charge < -0.3 is 10.1 Å². The van der Waals surface area contributed by atoms with E-state index in [9.17, 15) is 22.8 Å². The number of rotatable bonds is 6. The number of hydrogen-bond acceptors (Lipinski definition) is 3. The first-order valence-electron chi connectivity index (χ1n) is 8.74. The van der Waals surface area contributed by atoms with Crippen molar-refractivity contribution in [3.8, 4) is 0 Å². The second-order valence-electron chi connectivity index (χ2n) is 6.46. The molecule has 1 amide bonds. The fraction of sp³-hybridized carbons (Fsp3) is 0.238. The van der Waals surface area contributed by atoms with Gasteiger partial charge in [-0.3, -0.25) is 4.79 Å². The van der Waals surface area contributed by atoms with Crippen LogP contribution >= 0.6 is 0 Å². The summed E-state index contributed by atoms with van der Waals surface area (Å²) in [5.74, 6) is -1.16. The SMILES string of the molecule is O=C(/C=C/c1ccc(C(F)(F)F)cc1)O[C@@H](C(=O)NC1CC1)c1ccccc1. The Hall–Kier alpha value is -3.09. The average Bonchev–Trinajstić information content (AvgIpc) is 3.48. The lowest BCUT2D eigenvalue weighted by Crippen LogP contribution is -2.33. The van der Waals surface area contributed by atoms with Crippen LogP contribution in [0, 0.1) is 0 Å². The number of carbonyl (C=O) groups is 2. The Bertz CT molecular complexity index is 857. The van der Waals surface area contributed by atoms with E-state index in [4.69, 9.17) is 4.74 Å². The van der Waals surface area contributed by atoms with Gasteiger partial charge in [0.15, 0.2) is 0 Å². The van der Waals surface area contributed by atoms with Crippen molar-refractivity contribution in [1.29, 1.82) is 0 Å². The second-order valence-corrected chi connectivity index (χ2v) is 6.46. The molecule has 0 aliphatic heterocycles. The topological polar surface area (TPSA) is 55.4 Å². The largest absolute Gasteiger partial charge is 0.444 e. The summed E-state index contributed by atoms with van der Waals surface area (Å²) in [7, 11) is 0. The number of alkyl halides is 3. The maximum atomic E-state index is 12.6. The fourth-order valence-corrected chi connectivity index (χ4v) is 2.51. The Morgan fingerprint density at radius 3 is 2.25 bits per heavy atom. The lowest BCUT2D eigenvalue weighted by molar-refractivity contribution is -0.151. The monoisotopic (exact) mass is 389 g/mol. The van der Waals surface area contributed by atoms with E-state index in [1.54, 1.807) is 30.3 Å². The third-order valence-electron chi connectivity index (χ3n) is 4.15. The third-order valence-corrected chi connectivity index (χ3v) is 4.15. The predicted molar refractivity (Wildman–Crippen MR) is 96.9 cm³/mol.